The van der Waals surface area contributed by atoms with Crippen LogP contribution in [0.25, 0.3) is 22.1 Å². The van der Waals surface area contributed by atoms with Crippen LogP contribution in [0.1, 0.15) is 90.6 Å². The first kappa shape index (κ1) is 57.3. The largest absolute Gasteiger partial charge is 0.391 e. The van der Waals surface area contributed by atoms with Crippen molar-refractivity contribution >= 4 is 64.1 Å². The van der Waals surface area contributed by atoms with E-state index in [0.717, 1.165) is 47.8 Å². The van der Waals surface area contributed by atoms with E-state index in [0.29, 0.717) is 72.2 Å². The van der Waals surface area contributed by atoms with Gasteiger partial charge in [-0.3, -0.25) is 33.7 Å². The average molecular weight is 1070 g/mol. The number of benzene rings is 2. The molecule has 2 aromatic carbocycles. The molecule has 4 aromatic rings. The number of carbonyl (C=O) groups excluding carboxylic acids is 6. The number of hydrogen-bond acceptors (Lipinski definition) is 13. The predicted octanol–water partition coefficient (Wildman–Crippen LogP) is 4.60. The van der Waals surface area contributed by atoms with Crippen LogP contribution in [0.3, 0.4) is 0 Å². The Morgan fingerprint density at radius 1 is 0.921 bits per heavy atom. The maximum absolute atomic E-state index is 14.0. The number of rotatable bonds is 24. The van der Waals surface area contributed by atoms with Gasteiger partial charge < -0.3 is 55.4 Å². The minimum atomic E-state index is -0.948. The predicted molar refractivity (Wildman–Crippen MR) is 286 cm³/mol. The number of likely N-dealkylation sites (tertiary alicyclic amines) is 1. The lowest BCUT2D eigenvalue weighted by atomic mass is 9.85. The van der Waals surface area contributed by atoms with Crippen molar-refractivity contribution in [2.75, 3.05) is 90.8 Å². The number of piperazine rings is 1. The van der Waals surface area contributed by atoms with Crippen LogP contribution in [0.2, 0.25) is 0 Å². The number of carbonyl (C=O) groups is 6. The van der Waals surface area contributed by atoms with Gasteiger partial charge in [0.2, 0.25) is 23.6 Å². The number of anilines is 1. The minimum absolute atomic E-state index is 0.00342. The van der Waals surface area contributed by atoms with Gasteiger partial charge in [-0.15, -0.1) is 11.3 Å². The second-order valence-corrected chi connectivity index (χ2v) is 21.3. The van der Waals surface area contributed by atoms with Crippen LogP contribution in [0, 0.1) is 32.0 Å². The molecule has 2 fully saturated rings. The first-order chi connectivity index (χ1) is 36.4. The summed E-state index contributed by atoms with van der Waals surface area (Å²) in [6.07, 6.45) is 1.86. The number of aromatic nitrogens is 2. The zero-order valence-corrected chi connectivity index (χ0v) is 45.2. The van der Waals surface area contributed by atoms with Crippen molar-refractivity contribution < 1.29 is 52.5 Å². The molecule has 7 rings (SSSR count). The molecule has 3 aliphatic heterocycles. The molecule has 3 atom stereocenters. The number of fused-ring (bicyclic) bond motifs is 1. The first-order valence-corrected chi connectivity index (χ1v) is 26.8. The van der Waals surface area contributed by atoms with E-state index < -0.39 is 35.3 Å². The lowest BCUT2D eigenvalue weighted by Gasteiger charge is -2.35. The fourth-order valence-electron chi connectivity index (χ4n) is 9.56. The summed E-state index contributed by atoms with van der Waals surface area (Å²) in [4.78, 5) is 93.3. The lowest BCUT2D eigenvalue weighted by Crippen LogP contribution is -2.57. The van der Waals surface area contributed by atoms with Gasteiger partial charge in [0.05, 0.1) is 79.4 Å². The number of β-amino-alcohol motifs (C(OH)–C–C–N with tert-alkyl or cyclic N) is 1. The van der Waals surface area contributed by atoms with Crippen molar-refractivity contribution in [3.63, 3.8) is 0 Å². The normalized spacial score (nSPS) is 17.7. The van der Waals surface area contributed by atoms with Gasteiger partial charge in [0.1, 0.15) is 17.9 Å². The fourth-order valence-corrected chi connectivity index (χ4v) is 10.4. The molecule has 76 heavy (non-hydrogen) atoms. The van der Waals surface area contributed by atoms with Crippen LogP contribution < -0.4 is 21.3 Å². The third-order valence-corrected chi connectivity index (χ3v) is 14.8. The lowest BCUT2D eigenvalue weighted by molar-refractivity contribution is -0.144. The average Bonchev–Trinajstić information content (AvgIpc) is 4.16. The zero-order chi connectivity index (χ0) is 54.5. The van der Waals surface area contributed by atoms with Crippen molar-refractivity contribution in [3.8, 4) is 10.4 Å². The summed E-state index contributed by atoms with van der Waals surface area (Å²) in [5.41, 5.74) is 7.83. The van der Waals surface area contributed by atoms with E-state index in [2.05, 4.69) is 36.1 Å². The number of nitrogens with one attached hydrogen (secondary N) is 5. The minimum Gasteiger partial charge on any atom is -0.391 e. The summed E-state index contributed by atoms with van der Waals surface area (Å²) in [5.74, 6) is -2.16. The molecule has 410 valence electrons. The molecule has 6 amide bonds. The third-order valence-electron chi connectivity index (χ3n) is 13.8. The van der Waals surface area contributed by atoms with E-state index in [1.165, 1.54) is 23.1 Å². The SMILES string of the molecule is Cc1ncsc1-c1ccc(CNC(=O)[C@@H]2C[C@@H](O)CN2C(=O)[C@@H](NC(=O)CCOCCOCCOCCC(=O)N2CCN(CCCNC(=O)c3c(C)[nH]c(/C=C4\C(=O)Nc5ccc(F)cc54)c3C)CC2)C(C)(C)C)cc1. The summed E-state index contributed by atoms with van der Waals surface area (Å²) >= 11 is 1.57. The van der Waals surface area contributed by atoms with Gasteiger partial charge in [0.15, 0.2) is 0 Å². The molecular weight excluding hydrogens is 998 g/mol. The number of ether oxygens (including phenoxy) is 3. The molecule has 5 heterocycles. The highest BCUT2D eigenvalue weighted by molar-refractivity contribution is 7.13. The fraction of sp³-hybridized carbons (Fsp3) is 0.509. The number of amides is 6. The van der Waals surface area contributed by atoms with E-state index in [4.69, 9.17) is 14.2 Å². The van der Waals surface area contributed by atoms with Crippen molar-refractivity contribution in [2.45, 2.75) is 92.0 Å². The number of thiazole rings is 1. The third kappa shape index (κ3) is 15.2. The maximum atomic E-state index is 14.0. The summed E-state index contributed by atoms with van der Waals surface area (Å²) < 4.78 is 30.8. The molecular formula is C55H72FN9O10S. The van der Waals surface area contributed by atoms with Crippen molar-refractivity contribution in [1.29, 1.82) is 0 Å². The molecule has 6 N–H and O–H groups in total. The number of aryl methyl sites for hydroxylation is 2. The van der Waals surface area contributed by atoms with E-state index in [-0.39, 0.29) is 88.3 Å². The van der Waals surface area contributed by atoms with E-state index in [1.807, 2.05) is 63.8 Å². The standard InChI is InChI=1S/C55H72FN9O10S/c1-34-44(30-42-41-28-39(56)12-13-43(41)61-51(42)69)60-35(2)48(34)53(71)57-16-7-17-63-18-20-64(21-19-63)47(68)15-23-74-25-27-75-26-24-73-22-14-46(67)62-50(55(4,5)6)54(72)65-32-40(66)29-45(65)52(70)58-31-37-8-10-38(11-9-37)49-36(3)59-33-76-49/h8-13,28,30,33,40,45,50,60,66H,7,14-27,29,31-32H2,1-6H3,(H,57,71)(H,58,70)(H,61,69)(H,62,67)/b42-30-/t40-,45+,50-/m1/s1. The summed E-state index contributed by atoms with van der Waals surface area (Å²) in [6.45, 7) is 16.7. The second-order valence-electron chi connectivity index (χ2n) is 20.5. The zero-order valence-electron chi connectivity index (χ0n) is 44.4. The number of aliphatic hydroxyl groups is 1. The van der Waals surface area contributed by atoms with Crippen molar-refractivity contribution in [3.05, 3.63) is 93.1 Å². The Hall–Kier alpha value is -6.36. The van der Waals surface area contributed by atoms with Crippen molar-refractivity contribution in [1.82, 2.24) is 40.6 Å². The summed E-state index contributed by atoms with van der Waals surface area (Å²) in [6, 6.07) is 10.1. The Kier molecular flexibility index (Phi) is 20.1. The molecule has 0 aliphatic carbocycles. The van der Waals surface area contributed by atoms with E-state index >= 15 is 0 Å². The molecule has 2 saturated heterocycles. The molecule has 3 aliphatic rings. The Bertz CT molecular complexity index is 2730. The van der Waals surface area contributed by atoms with Crippen LogP contribution in [0.4, 0.5) is 10.1 Å². The Balaban J connectivity index is 0.705. The van der Waals surface area contributed by atoms with Gasteiger partial charge >= 0.3 is 0 Å². The van der Waals surface area contributed by atoms with Gasteiger partial charge in [-0.2, -0.15) is 0 Å². The molecule has 2 aromatic heterocycles. The summed E-state index contributed by atoms with van der Waals surface area (Å²) in [7, 11) is 0. The molecule has 19 nitrogen and oxygen atoms in total. The smallest absolute Gasteiger partial charge is 0.256 e. The number of aliphatic hydroxyl groups excluding tert-OH is 1. The quantitative estimate of drug-likeness (QED) is 0.0418. The highest BCUT2D eigenvalue weighted by Gasteiger charge is 2.44. The van der Waals surface area contributed by atoms with E-state index in [9.17, 15) is 38.3 Å². The Morgan fingerprint density at radius 2 is 1.61 bits per heavy atom. The number of halogens is 1. The molecule has 0 radical (unpaired) electrons. The van der Waals surface area contributed by atoms with Gasteiger partial charge in [-0.1, -0.05) is 45.0 Å². The summed E-state index contributed by atoms with van der Waals surface area (Å²) in [5, 5.41) is 22.1. The Labute approximate surface area is 447 Å². The van der Waals surface area contributed by atoms with Crippen LogP contribution in [0.5, 0.6) is 0 Å². The van der Waals surface area contributed by atoms with Crippen LogP contribution in [-0.4, -0.2) is 169 Å². The van der Waals surface area contributed by atoms with E-state index in [1.54, 1.807) is 29.8 Å². The van der Waals surface area contributed by atoms with Crippen LogP contribution in [0.15, 0.2) is 48.0 Å². The number of aromatic amines is 1. The highest BCUT2D eigenvalue weighted by Crippen LogP contribution is 2.35. The van der Waals surface area contributed by atoms with Crippen molar-refractivity contribution in [2.24, 2.45) is 5.41 Å². The van der Waals surface area contributed by atoms with Crippen LogP contribution in [-0.2, 0) is 44.7 Å². The van der Waals surface area contributed by atoms with Gasteiger partial charge in [0.25, 0.3) is 11.8 Å². The molecule has 0 spiro atoms. The van der Waals surface area contributed by atoms with Crippen LogP contribution >= 0.6 is 11.3 Å². The molecule has 0 unspecified atom stereocenters. The second kappa shape index (κ2) is 26.6. The Morgan fingerprint density at radius 3 is 2.28 bits per heavy atom. The molecule has 21 heteroatoms. The topological polar surface area (TPSA) is 237 Å². The first-order valence-electron chi connectivity index (χ1n) is 26.0. The van der Waals surface area contributed by atoms with Gasteiger partial charge in [-0.25, -0.2) is 9.37 Å². The monoisotopic (exact) mass is 1070 g/mol. The molecule has 0 saturated carbocycles. The number of nitrogens with zero attached hydrogens (tertiary/aromatic N) is 4. The number of H-pyrrole nitrogens is 1. The highest BCUT2D eigenvalue weighted by atomic mass is 32.1. The van der Waals surface area contributed by atoms with Gasteiger partial charge in [-0.05, 0) is 80.1 Å². The molecule has 0 bridgehead atoms. The van der Waals surface area contributed by atoms with Gasteiger partial charge in [0, 0.05) is 81.3 Å². The number of hydrogen-bond donors (Lipinski definition) is 6. The maximum Gasteiger partial charge on any atom is 0.256 e.